The lowest BCUT2D eigenvalue weighted by molar-refractivity contribution is -0.149. The third-order valence-corrected chi connectivity index (χ3v) is 10.4. The first kappa shape index (κ1) is 32.6. The van der Waals surface area contributed by atoms with E-state index in [0.29, 0.717) is 42.7 Å². The zero-order valence-electron chi connectivity index (χ0n) is 28.1. The van der Waals surface area contributed by atoms with Crippen molar-refractivity contribution in [1.82, 2.24) is 15.2 Å². The molecule has 8 rings (SSSR count). The van der Waals surface area contributed by atoms with Crippen LogP contribution in [0.25, 0.3) is 10.9 Å². The normalized spacial score (nSPS) is 24.7. The topological polar surface area (TPSA) is 127 Å². The van der Waals surface area contributed by atoms with Crippen molar-refractivity contribution in [3.05, 3.63) is 101 Å². The van der Waals surface area contributed by atoms with E-state index in [1.807, 2.05) is 78.9 Å². The van der Waals surface area contributed by atoms with E-state index in [1.54, 1.807) is 0 Å². The quantitative estimate of drug-likeness (QED) is 0.257. The van der Waals surface area contributed by atoms with Gasteiger partial charge in [0, 0.05) is 18.2 Å². The summed E-state index contributed by atoms with van der Waals surface area (Å²) in [7, 11) is 0. The van der Waals surface area contributed by atoms with Crippen LogP contribution in [0.15, 0.2) is 78.9 Å². The van der Waals surface area contributed by atoms with Crippen LogP contribution in [0.3, 0.4) is 0 Å². The van der Waals surface area contributed by atoms with Crippen LogP contribution in [0.5, 0.6) is 11.6 Å². The predicted molar refractivity (Wildman–Crippen MR) is 188 cm³/mol. The minimum Gasteiger partial charge on any atom is -0.487 e. The number of carbonyl (C=O) groups is 3. The van der Waals surface area contributed by atoms with Crippen LogP contribution in [0.1, 0.15) is 54.4 Å². The molecule has 0 spiro atoms. The minimum absolute atomic E-state index is 0.00498. The monoisotopic (exact) mass is 685 g/mol. The van der Waals surface area contributed by atoms with Gasteiger partial charge in [-0.3, -0.25) is 4.79 Å². The molecule has 2 aliphatic heterocycles. The molecule has 0 unspecified atom stereocenters. The number of carboxylic acid groups (broad SMARTS) is 1. The molecule has 4 aliphatic rings. The van der Waals surface area contributed by atoms with Crippen LogP contribution < -0.4 is 14.8 Å². The molecule has 1 saturated heterocycles. The zero-order chi connectivity index (χ0) is 34.9. The van der Waals surface area contributed by atoms with Crippen molar-refractivity contribution in [2.45, 2.75) is 75.8 Å². The number of pyridine rings is 1. The summed E-state index contributed by atoms with van der Waals surface area (Å²) in [5, 5.41) is 14.0. The molecule has 2 amide bonds. The standard InChI is InChI=1S/C41H39N3O7/c45-39-36(29-19-26-13-7-8-14-27(26)20-29)43-41(48)51-35-21-28(35)15-5-2-6-17-32-37(49-24-25-11-3-1-4-12-25)31-16-9-10-18-33(31)42-38(32)50-30-22-34(40(46)47)44(39)23-30/h1,3-4,7-14,16,18,28-30,34-36H,2,5,15,19-24H2,(H,43,48)(H,46,47)/t28-,30-,34+,35-,36+/m1/s1. The number of alkyl carbamates (subject to hydrolysis) is 1. The van der Waals surface area contributed by atoms with Gasteiger partial charge in [0.1, 0.15) is 42.2 Å². The molecule has 260 valence electrons. The third-order valence-electron chi connectivity index (χ3n) is 10.4. The Morgan fingerprint density at radius 2 is 1.69 bits per heavy atom. The predicted octanol–water partition coefficient (Wildman–Crippen LogP) is 5.68. The molecule has 1 aromatic heterocycles. The molecule has 3 heterocycles. The highest BCUT2D eigenvalue weighted by Gasteiger charge is 2.47. The van der Waals surface area contributed by atoms with Crippen molar-refractivity contribution in [2.75, 3.05) is 6.54 Å². The maximum atomic E-state index is 14.5. The second kappa shape index (κ2) is 14.0. The fraction of sp³-hybridized carbons (Fsp3) is 0.366. The number of ether oxygens (including phenoxy) is 3. The number of rotatable bonds is 5. The first-order chi connectivity index (χ1) is 24.9. The van der Waals surface area contributed by atoms with Gasteiger partial charge in [-0.15, -0.1) is 0 Å². The maximum absolute atomic E-state index is 14.5. The highest BCUT2D eigenvalue weighted by atomic mass is 16.6. The van der Waals surface area contributed by atoms with Crippen LogP contribution in [0.2, 0.25) is 0 Å². The summed E-state index contributed by atoms with van der Waals surface area (Å²) in [4.78, 5) is 46.6. The SMILES string of the molecule is O=C1N[C@@H](C2Cc3ccccc3C2)C(=O)N2C[C@@H](C[C@H]2C(=O)O)Oc2nc3ccccc3c(OCc3ccccc3)c2C#CCCC[C@@H]2C[C@H]2O1. The van der Waals surface area contributed by atoms with E-state index in [9.17, 15) is 19.5 Å². The zero-order valence-corrected chi connectivity index (χ0v) is 28.1. The second-order valence-electron chi connectivity index (χ2n) is 13.9. The Kier molecular flexibility index (Phi) is 8.95. The number of aliphatic carboxylic acids is 1. The van der Waals surface area contributed by atoms with E-state index >= 15 is 0 Å². The Morgan fingerprint density at radius 3 is 2.47 bits per heavy atom. The van der Waals surface area contributed by atoms with Crippen LogP contribution in [-0.2, 0) is 33.8 Å². The minimum atomic E-state index is -1.16. The van der Waals surface area contributed by atoms with Gasteiger partial charge in [-0.25, -0.2) is 14.6 Å². The lowest BCUT2D eigenvalue weighted by atomic mass is 9.95. The number of amides is 2. The third kappa shape index (κ3) is 6.93. The number of fused-ring (bicyclic) bond motifs is 6. The molecule has 3 aromatic carbocycles. The summed E-state index contributed by atoms with van der Waals surface area (Å²) in [6.45, 7) is 0.298. The largest absolute Gasteiger partial charge is 0.487 e. The first-order valence-electron chi connectivity index (χ1n) is 17.7. The van der Waals surface area contributed by atoms with E-state index < -0.39 is 36.2 Å². The number of hydrogen-bond donors (Lipinski definition) is 2. The van der Waals surface area contributed by atoms with Gasteiger partial charge in [0.2, 0.25) is 11.8 Å². The molecular formula is C41H39N3O7. The second-order valence-corrected chi connectivity index (χ2v) is 13.9. The molecule has 51 heavy (non-hydrogen) atoms. The Bertz CT molecular complexity index is 2010. The number of hydrogen-bond acceptors (Lipinski definition) is 7. The Labute approximate surface area is 296 Å². The number of carboxylic acids is 1. The summed E-state index contributed by atoms with van der Waals surface area (Å²) in [6.07, 6.45) is 2.65. The highest BCUT2D eigenvalue weighted by Crippen LogP contribution is 2.40. The fourth-order valence-electron chi connectivity index (χ4n) is 7.71. The van der Waals surface area contributed by atoms with Crippen molar-refractivity contribution in [1.29, 1.82) is 0 Å². The van der Waals surface area contributed by atoms with Crippen molar-refractivity contribution < 1.29 is 33.7 Å². The molecule has 2 aliphatic carbocycles. The van der Waals surface area contributed by atoms with Crippen molar-refractivity contribution in [3.8, 4) is 23.5 Å². The lowest BCUT2D eigenvalue weighted by Crippen LogP contribution is -2.55. The number of nitrogens with one attached hydrogen (secondary N) is 1. The number of para-hydroxylation sites is 1. The van der Waals surface area contributed by atoms with Gasteiger partial charge in [0.25, 0.3) is 0 Å². The maximum Gasteiger partial charge on any atom is 0.408 e. The molecule has 10 nitrogen and oxygen atoms in total. The molecule has 0 radical (unpaired) electrons. The molecular weight excluding hydrogens is 646 g/mol. The summed E-state index contributed by atoms with van der Waals surface area (Å²) >= 11 is 0. The van der Waals surface area contributed by atoms with Gasteiger partial charge in [0.15, 0.2) is 0 Å². The van der Waals surface area contributed by atoms with Gasteiger partial charge >= 0.3 is 12.1 Å². The van der Waals surface area contributed by atoms with E-state index in [2.05, 4.69) is 17.2 Å². The van der Waals surface area contributed by atoms with Crippen LogP contribution in [-0.4, -0.2) is 63.8 Å². The van der Waals surface area contributed by atoms with Gasteiger partial charge in [-0.1, -0.05) is 78.6 Å². The van der Waals surface area contributed by atoms with Crippen molar-refractivity contribution in [2.24, 2.45) is 11.8 Å². The Morgan fingerprint density at radius 1 is 0.941 bits per heavy atom. The summed E-state index contributed by atoms with van der Waals surface area (Å²) in [6, 6.07) is 23.3. The number of nitrogens with zero attached hydrogens (tertiary/aromatic N) is 2. The fourth-order valence-corrected chi connectivity index (χ4v) is 7.71. The Hall–Kier alpha value is -5.56. The van der Waals surface area contributed by atoms with E-state index in [-0.39, 0.29) is 36.8 Å². The molecule has 2 bridgehead atoms. The average molecular weight is 686 g/mol. The van der Waals surface area contributed by atoms with Crippen LogP contribution in [0.4, 0.5) is 4.79 Å². The molecule has 10 heteroatoms. The van der Waals surface area contributed by atoms with Crippen molar-refractivity contribution >= 4 is 28.9 Å². The van der Waals surface area contributed by atoms with Gasteiger partial charge in [0.05, 0.1) is 12.1 Å². The lowest BCUT2D eigenvalue weighted by Gasteiger charge is -2.30. The molecule has 1 saturated carbocycles. The van der Waals surface area contributed by atoms with Gasteiger partial charge in [-0.05, 0) is 72.8 Å². The number of carbonyl (C=O) groups excluding carboxylic acids is 2. The highest BCUT2D eigenvalue weighted by molar-refractivity contribution is 5.91. The van der Waals surface area contributed by atoms with E-state index in [1.165, 1.54) is 4.90 Å². The Balaban J connectivity index is 1.15. The average Bonchev–Trinajstić information content (AvgIpc) is 3.50. The van der Waals surface area contributed by atoms with E-state index in [0.717, 1.165) is 41.3 Å². The number of benzene rings is 3. The van der Waals surface area contributed by atoms with E-state index in [4.69, 9.17) is 19.2 Å². The molecule has 2 N–H and O–H groups in total. The molecule has 2 fully saturated rings. The molecule has 5 atom stereocenters. The smallest absolute Gasteiger partial charge is 0.408 e. The number of aromatic nitrogens is 1. The van der Waals surface area contributed by atoms with Crippen LogP contribution >= 0.6 is 0 Å². The molecule has 4 aromatic rings. The van der Waals surface area contributed by atoms with Gasteiger partial charge < -0.3 is 29.5 Å². The summed E-state index contributed by atoms with van der Waals surface area (Å²) in [5.74, 6) is 5.73. The van der Waals surface area contributed by atoms with Crippen molar-refractivity contribution in [3.63, 3.8) is 0 Å². The van der Waals surface area contributed by atoms with Crippen LogP contribution in [0, 0.1) is 23.7 Å². The first-order valence-corrected chi connectivity index (χ1v) is 17.7. The van der Waals surface area contributed by atoms with Gasteiger partial charge in [-0.2, -0.15) is 0 Å². The summed E-state index contributed by atoms with van der Waals surface area (Å²) in [5.41, 5.74) is 4.36. The summed E-state index contributed by atoms with van der Waals surface area (Å²) < 4.78 is 18.8.